The number of aryl methyl sites for hydroxylation is 1. The van der Waals surface area contributed by atoms with Crippen molar-refractivity contribution in [2.75, 3.05) is 13.1 Å². The highest BCUT2D eigenvalue weighted by molar-refractivity contribution is 14.1. The molecule has 190 valence electrons. The maximum atomic E-state index is 13.1. The smallest absolute Gasteiger partial charge is 0.410 e. The summed E-state index contributed by atoms with van der Waals surface area (Å²) < 4.78 is 10.5. The summed E-state index contributed by atoms with van der Waals surface area (Å²) >= 11 is 1.95. The largest absolute Gasteiger partial charge is 0.446 e. The van der Waals surface area contributed by atoms with Gasteiger partial charge >= 0.3 is 6.09 Å². The van der Waals surface area contributed by atoms with Crippen molar-refractivity contribution in [2.24, 2.45) is 30.2 Å². The zero-order valence-electron chi connectivity index (χ0n) is 20.2. The first-order chi connectivity index (χ1) is 17.3. The number of nitrogens with zero attached hydrogens (tertiary/aromatic N) is 4. The molecule has 2 aromatic rings. The summed E-state index contributed by atoms with van der Waals surface area (Å²) in [5.74, 6) is 2.04. The molecule has 3 atom stereocenters. The number of aromatic nitrogens is 3. The van der Waals surface area contributed by atoms with Gasteiger partial charge in [0, 0.05) is 56.3 Å². The zero-order chi connectivity index (χ0) is 25.0. The summed E-state index contributed by atoms with van der Waals surface area (Å²) in [4.78, 5) is 48.6. The number of ether oxygens (including phenoxy) is 1. The summed E-state index contributed by atoms with van der Waals surface area (Å²) in [5.41, 5.74) is 1.23. The van der Waals surface area contributed by atoms with Crippen LogP contribution in [0.4, 0.5) is 4.79 Å². The topological polar surface area (TPSA) is 106 Å². The minimum Gasteiger partial charge on any atom is -0.446 e. The van der Waals surface area contributed by atoms with Crippen molar-refractivity contribution in [1.82, 2.24) is 23.0 Å². The van der Waals surface area contributed by atoms with Gasteiger partial charge in [-0.2, -0.15) is 0 Å². The molecule has 5 aliphatic rings. The van der Waals surface area contributed by atoms with Crippen molar-refractivity contribution >= 4 is 34.9 Å². The minimum atomic E-state index is -0.268. The second-order valence-electron chi connectivity index (χ2n) is 11.1. The molecule has 1 saturated heterocycles. The van der Waals surface area contributed by atoms with Crippen molar-refractivity contribution in [3.8, 4) is 11.1 Å². The van der Waals surface area contributed by atoms with Crippen LogP contribution in [0.2, 0.25) is 0 Å². The van der Waals surface area contributed by atoms with E-state index in [2.05, 4.69) is 13.5 Å². The zero-order valence-corrected chi connectivity index (χ0v) is 22.4. The highest BCUT2D eigenvalue weighted by Crippen LogP contribution is 2.61. The van der Waals surface area contributed by atoms with Gasteiger partial charge in [0.2, 0.25) is 5.91 Å². The molecule has 1 aliphatic heterocycles. The van der Waals surface area contributed by atoms with Crippen molar-refractivity contribution in [3.63, 3.8) is 0 Å². The lowest BCUT2D eigenvalue weighted by Crippen LogP contribution is -2.59. The van der Waals surface area contributed by atoms with E-state index in [1.54, 1.807) is 36.6 Å². The van der Waals surface area contributed by atoms with E-state index >= 15 is 0 Å². The van der Waals surface area contributed by atoms with E-state index in [1.807, 2.05) is 28.9 Å². The van der Waals surface area contributed by atoms with Crippen LogP contribution in [-0.2, 0) is 16.6 Å². The first-order valence-electron chi connectivity index (χ1n) is 12.7. The van der Waals surface area contributed by atoms with Crippen LogP contribution >= 0.6 is 22.9 Å². The number of rotatable bonds is 4. The van der Waals surface area contributed by atoms with Crippen LogP contribution in [0.5, 0.6) is 0 Å². The Kier molecular flexibility index (Phi) is 6.04. The Morgan fingerprint density at radius 2 is 1.86 bits per heavy atom. The summed E-state index contributed by atoms with van der Waals surface area (Å²) in [6, 6.07) is 3.44. The molecular weight excluding hydrogens is 573 g/mol. The summed E-state index contributed by atoms with van der Waals surface area (Å²) in [6.07, 6.45) is 10.4. The van der Waals surface area contributed by atoms with E-state index in [0.717, 1.165) is 49.7 Å². The molecule has 2 aromatic heterocycles. The number of carbonyl (C=O) groups excluding carboxylic acids is 2. The van der Waals surface area contributed by atoms with Crippen LogP contribution in [0.1, 0.15) is 50.3 Å². The number of amides is 2. The molecule has 10 heteroatoms. The molecule has 1 N–H and O–H groups in total. The van der Waals surface area contributed by atoms with Crippen LogP contribution in [0.25, 0.3) is 11.1 Å². The van der Waals surface area contributed by atoms with Gasteiger partial charge in [0.05, 0.1) is 28.3 Å². The Morgan fingerprint density at radius 1 is 1.14 bits per heavy atom. The molecule has 4 bridgehead atoms. The molecule has 9 nitrogen and oxygen atoms in total. The number of likely N-dealkylation sites (tertiary alicyclic amines) is 1. The molecule has 3 unspecified atom stereocenters. The molecule has 36 heavy (non-hydrogen) atoms. The second kappa shape index (κ2) is 9.11. The number of carbonyl (C=O) groups is 2. The Bertz CT molecular complexity index is 1230. The number of hydrogen-bond acceptors (Lipinski definition) is 6. The lowest BCUT2D eigenvalue weighted by atomic mass is 9.48. The predicted molar refractivity (Wildman–Crippen MR) is 140 cm³/mol. The van der Waals surface area contributed by atoms with Crippen LogP contribution in [0.15, 0.2) is 35.5 Å². The lowest BCUT2D eigenvalue weighted by Gasteiger charge is -2.58. The molecule has 7 rings (SSSR count). The molecule has 4 saturated carbocycles. The molecular formula is C26H30IN5O4. The fourth-order valence-corrected chi connectivity index (χ4v) is 7.87. The van der Waals surface area contributed by atoms with Gasteiger partial charge in [-0.05, 0) is 67.9 Å². The van der Waals surface area contributed by atoms with Crippen molar-refractivity contribution in [3.05, 3.63) is 46.9 Å². The van der Waals surface area contributed by atoms with Crippen LogP contribution in [-0.4, -0.2) is 50.6 Å². The molecule has 0 radical (unpaired) electrons. The molecule has 3 heterocycles. The van der Waals surface area contributed by atoms with Crippen molar-refractivity contribution in [2.45, 2.75) is 50.5 Å². The van der Waals surface area contributed by atoms with E-state index < -0.39 is 0 Å². The van der Waals surface area contributed by atoms with Gasteiger partial charge in [0.1, 0.15) is 11.9 Å². The van der Waals surface area contributed by atoms with Crippen molar-refractivity contribution in [1.29, 1.82) is 0 Å². The molecule has 2 amide bonds. The number of nitrogens with one attached hydrogen (secondary N) is 1. The molecule has 4 aliphatic carbocycles. The number of pyridine rings is 1. The normalized spacial score (nSPS) is 32.5. The van der Waals surface area contributed by atoms with Gasteiger partial charge < -0.3 is 14.2 Å². The monoisotopic (exact) mass is 603 g/mol. The summed E-state index contributed by atoms with van der Waals surface area (Å²) in [5, 5.41) is 0. The SMILES string of the molecule is Cn1ccc(-c2cnc(C3CCN(C(=O)OC4C5CC6CC4CC(C(=O)NI)(C6)C5)C3)nc2)cc1=O. The van der Waals surface area contributed by atoms with Gasteiger partial charge in [0.15, 0.2) is 0 Å². The van der Waals surface area contributed by atoms with Crippen LogP contribution in [0, 0.1) is 23.2 Å². The first-order valence-corrected chi connectivity index (χ1v) is 13.8. The third kappa shape index (κ3) is 4.10. The highest BCUT2D eigenvalue weighted by atomic mass is 127. The summed E-state index contributed by atoms with van der Waals surface area (Å²) in [7, 11) is 1.71. The van der Waals surface area contributed by atoms with Gasteiger partial charge in [-0.3, -0.25) is 13.1 Å². The minimum absolute atomic E-state index is 0.0596. The van der Waals surface area contributed by atoms with Gasteiger partial charge in [-0.15, -0.1) is 0 Å². The van der Waals surface area contributed by atoms with Gasteiger partial charge in [-0.1, -0.05) is 0 Å². The molecule has 5 fully saturated rings. The lowest BCUT2D eigenvalue weighted by molar-refractivity contribution is -0.162. The fraction of sp³-hybridized carbons (Fsp3) is 0.577. The standard InChI is InChI=1S/C26H30IN5O4/c1-31-4-2-16(8-21(31)33)20-12-28-23(29-13-20)17-3-5-32(14-17)25(35)36-22-18-6-15-7-19(22)11-26(9-15,10-18)24(34)30-27/h2,4,8,12-13,15,17-19,22H,3,5-7,9-11,14H2,1H3,(H,30,34). The fourth-order valence-electron chi connectivity index (χ4n) is 7.30. The average Bonchev–Trinajstić information content (AvgIpc) is 3.37. The Hall–Kier alpha value is -2.50. The number of hydrogen-bond donors (Lipinski definition) is 1. The maximum absolute atomic E-state index is 13.1. The molecule has 0 spiro atoms. The number of halogens is 1. The summed E-state index contributed by atoms with van der Waals surface area (Å²) in [6.45, 7) is 1.16. The van der Waals surface area contributed by atoms with E-state index in [-0.39, 0.29) is 46.8 Å². The first kappa shape index (κ1) is 23.9. The highest BCUT2D eigenvalue weighted by Gasteiger charge is 2.59. The van der Waals surface area contributed by atoms with Crippen LogP contribution in [0.3, 0.4) is 0 Å². The Labute approximate surface area is 223 Å². The van der Waals surface area contributed by atoms with Gasteiger partial charge in [-0.25, -0.2) is 14.8 Å². The second-order valence-corrected chi connectivity index (χ2v) is 11.7. The van der Waals surface area contributed by atoms with E-state index in [0.29, 0.717) is 24.8 Å². The van der Waals surface area contributed by atoms with E-state index in [4.69, 9.17) is 4.74 Å². The Morgan fingerprint density at radius 3 is 2.53 bits per heavy atom. The van der Waals surface area contributed by atoms with Crippen molar-refractivity contribution < 1.29 is 14.3 Å². The van der Waals surface area contributed by atoms with Gasteiger partial charge in [0.25, 0.3) is 5.56 Å². The third-order valence-electron chi connectivity index (χ3n) is 8.91. The van der Waals surface area contributed by atoms with E-state index in [1.165, 1.54) is 4.57 Å². The molecule has 0 aromatic carbocycles. The van der Waals surface area contributed by atoms with E-state index in [9.17, 15) is 14.4 Å². The van der Waals surface area contributed by atoms with Crippen LogP contribution < -0.4 is 9.09 Å². The quantitative estimate of drug-likeness (QED) is 0.424. The third-order valence-corrected chi connectivity index (χ3v) is 9.40. The maximum Gasteiger partial charge on any atom is 0.410 e. The Balaban J connectivity index is 1.09. The predicted octanol–water partition coefficient (Wildman–Crippen LogP) is 3.43. The average molecular weight is 603 g/mol.